The molecule has 0 radical (unpaired) electrons. The van der Waals surface area contributed by atoms with E-state index in [0.29, 0.717) is 21.6 Å². The first-order valence-corrected chi connectivity index (χ1v) is 8.10. The van der Waals surface area contributed by atoms with Gasteiger partial charge in [-0.15, -0.1) is 11.3 Å². The number of fused-ring (bicyclic) bond motifs is 1. The van der Waals surface area contributed by atoms with Crippen molar-refractivity contribution in [3.63, 3.8) is 0 Å². The summed E-state index contributed by atoms with van der Waals surface area (Å²) in [5.74, 6) is 0.170. The highest BCUT2D eigenvalue weighted by molar-refractivity contribution is 7.18. The van der Waals surface area contributed by atoms with E-state index in [4.69, 9.17) is 21.1 Å². The van der Waals surface area contributed by atoms with Crippen molar-refractivity contribution in [2.45, 2.75) is 31.2 Å². The van der Waals surface area contributed by atoms with Gasteiger partial charge in [0.05, 0.1) is 17.0 Å². The topological polar surface area (TPSA) is 38.8 Å². The molecule has 1 aromatic rings. The van der Waals surface area contributed by atoms with E-state index in [1.807, 2.05) is 0 Å². The Balaban J connectivity index is 1.74. The third-order valence-corrected chi connectivity index (χ3v) is 5.57. The van der Waals surface area contributed by atoms with Crippen LogP contribution in [-0.2, 0) is 4.74 Å². The lowest BCUT2D eigenvalue weighted by Crippen LogP contribution is -2.43. The number of ether oxygens (including phenoxy) is 2. The number of rotatable bonds is 4. The van der Waals surface area contributed by atoms with Gasteiger partial charge in [-0.05, 0) is 38.8 Å². The molecule has 0 saturated carbocycles. The molecule has 1 aromatic heterocycles. The molecule has 110 valence electrons. The first kappa shape index (κ1) is 14.2. The van der Waals surface area contributed by atoms with Gasteiger partial charge in [0, 0.05) is 6.07 Å². The fourth-order valence-electron chi connectivity index (χ4n) is 3.36. The highest BCUT2D eigenvalue weighted by Gasteiger charge is 2.45. The van der Waals surface area contributed by atoms with E-state index >= 15 is 0 Å². The Morgan fingerprint density at radius 1 is 1.45 bits per heavy atom. The average molecular weight is 316 g/mol. The Bertz CT molecular complexity index is 507. The molecule has 2 aliphatic rings. The van der Waals surface area contributed by atoms with Crippen molar-refractivity contribution < 1.29 is 14.3 Å². The summed E-state index contributed by atoms with van der Waals surface area (Å²) in [6, 6.07) is 1.71. The molecule has 2 aliphatic heterocycles. The molecule has 0 atom stereocenters. The van der Waals surface area contributed by atoms with Crippen LogP contribution in [0.5, 0.6) is 5.75 Å². The molecule has 0 aliphatic carbocycles. The first-order chi connectivity index (χ1) is 9.64. The maximum atomic E-state index is 11.7. The summed E-state index contributed by atoms with van der Waals surface area (Å²) in [4.78, 5) is 14.7. The van der Waals surface area contributed by atoms with Crippen LogP contribution >= 0.6 is 22.9 Å². The van der Waals surface area contributed by atoms with E-state index < -0.39 is 0 Å². The molecule has 4 nitrogen and oxygen atoms in total. The Morgan fingerprint density at radius 2 is 2.15 bits per heavy atom. The maximum absolute atomic E-state index is 11.7. The number of esters is 1. The minimum atomic E-state index is -0.385. The highest BCUT2D eigenvalue weighted by atomic mass is 35.5. The normalized spacial score (nSPS) is 20.9. The second kappa shape index (κ2) is 5.54. The highest BCUT2D eigenvalue weighted by Crippen LogP contribution is 2.40. The minimum absolute atomic E-state index is 0.168. The van der Waals surface area contributed by atoms with E-state index in [-0.39, 0.29) is 11.5 Å². The lowest BCUT2D eigenvalue weighted by Gasteiger charge is -2.31. The van der Waals surface area contributed by atoms with Crippen LogP contribution in [-0.4, -0.2) is 43.2 Å². The van der Waals surface area contributed by atoms with Crippen LogP contribution in [0, 0.1) is 0 Å². The quantitative estimate of drug-likeness (QED) is 0.800. The summed E-state index contributed by atoms with van der Waals surface area (Å²) in [5.41, 5.74) is 0.168. The van der Waals surface area contributed by atoms with Gasteiger partial charge in [-0.3, -0.25) is 4.90 Å². The van der Waals surface area contributed by atoms with E-state index in [1.54, 1.807) is 6.07 Å². The number of carbonyl (C=O) groups is 1. The van der Waals surface area contributed by atoms with Crippen LogP contribution < -0.4 is 4.74 Å². The zero-order valence-corrected chi connectivity index (χ0v) is 13.1. The predicted molar refractivity (Wildman–Crippen MR) is 78.9 cm³/mol. The number of halogens is 1. The molecule has 6 heteroatoms. The van der Waals surface area contributed by atoms with Gasteiger partial charge in [0.1, 0.15) is 12.4 Å². The molecule has 0 spiro atoms. The number of thiophene rings is 1. The van der Waals surface area contributed by atoms with Crippen LogP contribution in [0.15, 0.2) is 6.07 Å². The third kappa shape index (κ3) is 2.43. The van der Waals surface area contributed by atoms with Crippen LogP contribution in [0.2, 0.25) is 4.34 Å². The lowest BCUT2D eigenvalue weighted by molar-refractivity contribution is 0.0596. The largest absolute Gasteiger partial charge is 0.490 e. The van der Waals surface area contributed by atoms with Crippen molar-refractivity contribution in [1.82, 2.24) is 4.90 Å². The third-order valence-electron chi connectivity index (χ3n) is 4.35. The van der Waals surface area contributed by atoms with Gasteiger partial charge in [-0.2, -0.15) is 0 Å². The van der Waals surface area contributed by atoms with Crippen LogP contribution in [0.1, 0.15) is 35.4 Å². The molecule has 2 fully saturated rings. The predicted octanol–water partition coefficient (Wildman–Crippen LogP) is 3.20. The van der Waals surface area contributed by atoms with Gasteiger partial charge >= 0.3 is 5.97 Å². The monoisotopic (exact) mass is 315 g/mol. The number of hydrogen-bond acceptors (Lipinski definition) is 5. The van der Waals surface area contributed by atoms with Crippen molar-refractivity contribution in [2.24, 2.45) is 0 Å². The zero-order chi connectivity index (χ0) is 14.2. The van der Waals surface area contributed by atoms with Crippen LogP contribution in [0.25, 0.3) is 0 Å². The van der Waals surface area contributed by atoms with Crippen molar-refractivity contribution in [1.29, 1.82) is 0 Å². The Morgan fingerprint density at radius 3 is 2.80 bits per heavy atom. The molecular weight excluding hydrogens is 298 g/mol. The second-order valence-electron chi connectivity index (χ2n) is 5.44. The van der Waals surface area contributed by atoms with Crippen molar-refractivity contribution in [2.75, 3.05) is 26.8 Å². The summed E-state index contributed by atoms with van der Waals surface area (Å²) in [6.07, 6.45) is 4.83. The summed E-state index contributed by atoms with van der Waals surface area (Å²) in [5, 5.41) is 0. The average Bonchev–Trinajstić information content (AvgIpc) is 3.08. The summed E-state index contributed by atoms with van der Waals surface area (Å²) in [6.45, 7) is 2.96. The van der Waals surface area contributed by atoms with Crippen molar-refractivity contribution in [3.05, 3.63) is 15.3 Å². The van der Waals surface area contributed by atoms with Crippen LogP contribution in [0.4, 0.5) is 0 Å². The SMILES string of the molecule is COC(=O)c1sc(Cl)cc1OCC12CCCN1CCC2. The molecule has 0 bridgehead atoms. The minimum Gasteiger partial charge on any atom is -0.490 e. The van der Waals surface area contributed by atoms with E-state index in [0.717, 1.165) is 13.1 Å². The fourth-order valence-corrected chi connectivity index (χ4v) is 4.44. The number of carbonyl (C=O) groups excluding carboxylic acids is 1. The van der Waals surface area contributed by atoms with Gasteiger partial charge in [-0.1, -0.05) is 11.6 Å². The maximum Gasteiger partial charge on any atom is 0.351 e. The van der Waals surface area contributed by atoms with Crippen molar-refractivity contribution in [3.8, 4) is 5.75 Å². The Labute approximate surface area is 127 Å². The molecule has 3 heterocycles. The second-order valence-corrected chi connectivity index (χ2v) is 7.13. The molecule has 0 N–H and O–H groups in total. The number of nitrogens with zero attached hydrogens (tertiary/aromatic N) is 1. The van der Waals surface area contributed by atoms with E-state index in [9.17, 15) is 4.79 Å². The summed E-state index contributed by atoms with van der Waals surface area (Å²) >= 11 is 7.20. The lowest BCUT2D eigenvalue weighted by atomic mass is 9.95. The van der Waals surface area contributed by atoms with E-state index in [1.165, 1.54) is 44.1 Å². The zero-order valence-electron chi connectivity index (χ0n) is 11.5. The van der Waals surface area contributed by atoms with Gasteiger partial charge in [0.2, 0.25) is 0 Å². The van der Waals surface area contributed by atoms with Gasteiger partial charge in [-0.25, -0.2) is 4.79 Å². The molecule has 3 rings (SSSR count). The number of methoxy groups -OCH3 is 1. The molecular formula is C14H18ClNO3S. The summed E-state index contributed by atoms with van der Waals surface area (Å²) in [7, 11) is 1.37. The van der Waals surface area contributed by atoms with Gasteiger partial charge < -0.3 is 9.47 Å². The Kier molecular flexibility index (Phi) is 3.93. The van der Waals surface area contributed by atoms with Crippen LogP contribution in [0.3, 0.4) is 0 Å². The van der Waals surface area contributed by atoms with Gasteiger partial charge in [0.25, 0.3) is 0 Å². The molecule has 0 unspecified atom stereocenters. The van der Waals surface area contributed by atoms with Crippen molar-refractivity contribution >= 4 is 28.9 Å². The smallest absolute Gasteiger partial charge is 0.351 e. The molecule has 20 heavy (non-hydrogen) atoms. The molecule has 2 saturated heterocycles. The van der Waals surface area contributed by atoms with Gasteiger partial charge in [0.15, 0.2) is 4.88 Å². The summed E-state index contributed by atoms with van der Waals surface area (Å²) < 4.78 is 11.3. The standard InChI is InChI=1S/C14H18ClNO3S/c1-18-13(17)12-10(8-11(15)20-12)19-9-14-4-2-6-16(14)7-3-5-14/h8H,2-7,9H2,1H3. The number of hydrogen-bond donors (Lipinski definition) is 0. The first-order valence-electron chi connectivity index (χ1n) is 6.90. The Hall–Kier alpha value is -0.780. The molecule has 0 amide bonds. The fraction of sp³-hybridized carbons (Fsp3) is 0.643. The molecule has 0 aromatic carbocycles. The van der Waals surface area contributed by atoms with E-state index in [2.05, 4.69) is 4.90 Å².